The fourth-order valence-electron chi connectivity index (χ4n) is 1.11. The highest BCUT2D eigenvalue weighted by Gasteiger charge is 2.21. The molecule has 1 aromatic rings. The molecule has 54 valence electrons. The first-order valence-corrected chi connectivity index (χ1v) is 3.24. The Labute approximate surface area is 64.2 Å². The van der Waals surface area contributed by atoms with Gasteiger partial charge in [-0.05, 0) is 12.1 Å². The number of carbonyl (C=O) groups is 1. The molecule has 11 heavy (non-hydrogen) atoms. The van der Waals surface area contributed by atoms with Crippen LogP contribution in [0.4, 0.5) is 11.4 Å². The van der Waals surface area contributed by atoms with Gasteiger partial charge in [-0.25, -0.2) is 0 Å². The molecule has 0 amide bonds. The first-order chi connectivity index (χ1) is 5.29. The highest BCUT2D eigenvalue weighted by atomic mass is 16.1. The van der Waals surface area contributed by atoms with Crippen LogP contribution in [-0.4, -0.2) is 5.78 Å². The van der Waals surface area contributed by atoms with Crippen molar-refractivity contribution in [2.75, 3.05) is 11.1 Å². The maximum absolute atomic E-state index is 11.0. The molecule has 0 aromatic heterocycles. The van der Waals surface area contributed by atoms with Crippen LogP contribution in [0.25, 0.3) is 0 Å². The van der Waals surface area contributed by atoms with Gasteiger partial charge < -0.3 is 11.1 Å². The third kappa shape index (κ3) is 0.774. The van der Waals surface area contributed by atoms with Crippen molar-refractivity contribution in [3.63, 3.8) is 0 Å². The van der Waals surface area contributed by atoms with Gasteiger partial charge in [0.2, 0.25) is 0 Å². The van der Waals surface area contributed by atoms with Gasteiger partial charge in [-0.3, -0.25) is 4.79 Å². The van der Waals surface area contributed by atoms with Crippen molar-refractivity contribution >= 4 is 17.2 Å². The van der Waals surface area contributed by atoms with Crippen LogP contribution < -0.4 is 11.1 Å². The van der Waals surface area contributed by atoms with Crippen molar-refractivity contribution in [2.45, 2.75) is 0 Å². The minimum absolute atomic E-state index is 0.168. The topological polar surface area (TPSA) is 55.1 Å². The van der Waals surface area contributed by atoms with Crippen molar-refractivity contribution in [3.05, 3.63) is 30.3 Å². The minimum Gasteiger partial charge on any atom is -0.398 e. The van der Waals surface area contributed by atoms with Gasteiger partial charge in [0.25, 0.3) is 0 Å². The van der Waals surface area contributed by atoms with E-state index < -0.39 is 0 Å². The lowest BCUT2D eigenvalue weighted by atomic mass is 10.1. The van der Waals surface area contributed by atoms with E-state index in [4.69, 9.17) is 5.73 Å². The average Bonchev–Trinajstić information content (AvgIpc) is 2.34. The Morgan fingerprint density at radius 1 is 1.45 bits per heavy atom. The fourth-order valence-corrected chi connectivity index (χ4v) is 1.11. The summed E-state index contributed by atoms with van der Waals surface area (Å²) in [6.45, 7) is 2.46. The molecule has 0 saturated carbocycles. The van der Waals surface area contributed by atoms with Crippen molar-refractivity contribution in [3.8, 4) is 0 Å². The summed E-state index contributed by atoms with van der Waals surface area (Å²) in [6.07, 6.45) is 0. The second-order valence-corrected chi connectivity index (χ2v) is 2.35. The lowest BCUT2D eigenvalue weighted by Crippen LogP contribution is -1.97. The second-order valence-electron chi connectivity index (χ2n) is 2.35. The summed E-state index contributed by atoms with van der Waals surface area (Å²) in [6, 6.07) is 5.29. The Morgan fingerprint density at radius 3 is 3.00 bits per heavy atom. The smallest absolute Gasteiger partial charge is 0.198 e. The molecule has 0 fully saturated rings. The summed E-state index contributed by atoms with van der Waals surface area (Å²) in [7, 11) is 0. The average molecular weight is 146 g/mol. The number of hydrogen-bond donors (Lipinski definition) is 2. The van der Waals surface area contributed by atoms with Gasteiger partial charge in [-0.15, -0.1) is 0 Å². The molecule has 2 rings (SSSR count). The zero-order chi connectivity index (χ0) is 7.84. The van der Waals surface area contributed by atoms with E-state index in [9.17, 15) is 4.79 Å². The molecular weight excluding hydrogens is 140 g/mol. The molecule has 1 heterocycles. The number of benzene rings is 1. The Kier molecular flexibility index (Phi) is 1.12. The van der Waals surface area contributed by atoms with E-state index in [-0.39, 0.29) is 5.78 Å². The quantitative estimate of drug-likeness (QED) is 0.535. The molecule has 0 spiro atoms. The zero-order valence-electron chi connectivity index (χ0n) is 5.72. The normalized spacial score (nSPS) is 14.4. The van der Waals surface area contributed by atoms with Crippen molar-refractivity contribution in [1.82, 2.24) is 0 Å². The van der Waals surface area contributed by atoms with Gasteiger partial charge in [0, 0.05) is 11.4 Å². The molecule has 0 bridgehead atoms. The monoisotopic (exact) mass is 146 g/mol. The summed E-state index contributed by atoms with van der Waals surface area (Å²) in [5.41, 5.74) is 7.35. The van der Waals surface area contributed by atoms with E-state index in [0.717, 1.165) is 5.69 Å². The van der Waals surface area contributed by atoms with Gasteiger partial charge in [-0.1, -0.05) is 6.07 Å². The number of nitrogens with one attached hydrogen (secondary N) is 1. The SMILES string of the molecule is Nc1cccc2c1C(=O)[C]N2. The van der Waals surface area contributed by atoms with Crippen molar-refractivity contribution in [2.24, 2.45) is 0 Å². The van der Waals surface area contributed by atoms with E-state index in [1.165, 1.54) is 0 Å². The lowest BCUT2D eigenvalue weighted by molar-refractivity contribution is 0.103. The molecule has 0 aliphatic carbocycles. The van der Waals surface area contributed by atoms with Crippen LogP contribution in [0.1, 0.15) is 10.4 Å². The molecule has 0 atom stereocenters. The number of hydrogen-bond acceptors (Lipinski definition) is 3. The highest BCUT2D eigenvalue weighted by Crippen LogP contribution is 2.28. The molecule has 0 saturated heterocycles. The van der Waals surface area contributed by atoms with Crippen LogP contribution in [0.5, 0.6) is 0 Å². The number of anilines is 2. The standard InChI is InChI=1S/C8H6N2O/c9-5-2-1-3-6-8(5)7(11)4-10-6/h1-3,10H,9H2. The molecular formula is C8H6N2O. The first kappa shape index (κ1) is 6.22. The number of rotatable bonds is 0. The number of carbonyl (C=O) groups excluding carboxylic acids is 1. The number of Topliss-reactive ketones (excluding diaryl/α,β-unsaturated/α-hetero) is 1. The van der Waals surface area contributed by atoms with Crippen molar-refractivity contribution < 1.29 is 4.79 Å². The lowest BCUT2D eigenvalue weighted by Gasteiger charge is -1.98. The molecule has 1 aromatic carbocycles. The summed E-state index contributed by atoms with van der Waals surface area (Å²) >= 11 is 0. The third-order valence-electron chi connectivity index (χ3n) is 1.63. The van der Waals surface area contributed by atoms with Crippen molar-refractivity contribution in [1.29, 1.82) is 0 Å². The Morgan fingerprint density at radius 2 is 2.27 bits per heavy atom. The van der Waals surface area contributed by atoms with Gasteiger partial charge >= 0.3 is 0 Å². The maximum atomic E-state index is 11.0. The number of ketones is 1. The second kappa shape index (κ2) is 1.99. The van der Waals surface area contributed by atoms with Crippen LogP contribution in [0.3, 0.4) is 0 Å². The third-order valence-corrected chi connectivity index (χ3v) is 1.63. The van der Waals surface area contributed by atoms with Crippen LogP contribution in [0.15, 0.2) is 18.2 Å². The van der Waals surface area contributed by atoms with Gasteiger partial charge in [0.05, 0.1) is 5.56 Å². The number of nitrogen functional groups attached to an aromatic ring is 1. The molecule has 1 aliphatic heterocycles. The molecule has 3 heteroatoms. The van der Waals surface area contributed by atoms with Crippen LogP contribution in [0, 0.1) is 6.54 Å². The largest absolute Gasteiger partial charge is 0.398 e. The zero-order valence-corrected chi connectivity index (χ0v) is 5.72. The van der Waals surface area contributed by atoms with E-state index in [1.807, 2.05) is 0 Å². The minimum atomic E-state index is -0.168. The van der Waals surface area contributed by atoms with Gasteiger partial charge in [0.1, 0.15) is 0 Å². The number of nitrogens with two attached hydrogens (primary N) is 1. The molecule has 3 nitrogen and oxygen atoms in total. The van der Waals surface area contributed by atoms with E-state index in [2.05, 4.69) is 11.9 Å². The van der Waals surface area contributed by atoms with E-state index >= 15 is 0 Å². The Hall–Kier alpha value is -1.51. The highest BCUT2D eigenvalue weighted by molar-refractivity contribution is 6.15. The predicted octanol–water partition coefficient (Wildman–Crippen LogP) is 0.916. The predicted molar refractivity (Wildman–Crippen MR) is 42.1 cm³/mol. The Balaban J connectivity index is 2.68. The maximum Gasteiger partial charge on any atom is 0.198 e. The summed E-state index contributed by atoms with van der Waals surface area (Å²) < 4.78 is 0. The van der Waals surface area contributed by atoms with Crippen LogP contribution in [0.2, 0.25) is 0 Å². The van der Waals surface area contributed by atoms with Gasteiger partial charge in [-0.2, -0.15) is 0 Å². The molecule has 3 N–H and O–H groups in total. The molecule has 0 unspecified atom stereocenters. The molecule has 2 radical (unpaired) electrons. The fraction of sp³-hybridized carbons (Fsp3) is 0. The molecule has 1 aliphatic rings. The van der Waals surface area contributed by atoms with E-state index in [0.29, 0.717) is 11.3 Å². The summed E-state index contributed by atoms with van der Waals surface area (Å²) in [5.74, 6) is -0.168. The van der Waals surface area contributed by atoms with Gasteiger partial charge in [0.15, 0.2) is 12.3 Å². The van der Waals surface area contributed by atoms with Crippen LogP contribution >= 0.6 is 0 Å². The van der Waals surface area contributed by atoms with E-state index in [1.54, 1.807) is 18.2 Å². The summed E-state index contributed by atoms with van der Waals surface area (Å²) in [4.78, 5) is 11.0. The Bertz CT molecular complexity index is 320. The summed E-state index contributed by atoms with van der Waals surface area (Å²) in [5, 5.41) is 2.71. The number of fused-ring (bicyclic) bond motifs is 1. The first-order valence-electron chi connectivity index (χ1n) is 3.24. The van der Waals surface area contributed by atoms with Crippen LogP contribution in [-0.2, 0) is 0 Å².